The highest BCUT2D eigenvalue weighted by atomic mass is 16.5. The Morgan fingerprint density at radius 2 is 1.43 bits per heavy atom. The molecule has 0 radical (unpaired) electrons. The molecule has 0 saturated carbocycles. The Balaban J connectivity index is 0.00000105. The zero-order valence-electron chi connectivity index (χ0n) is 17.4. The number of carbonyl (C=O) groups is 2. The first-order valence-electron chi connectivity index (χ1n) is 9.03. The molecule has 164 valence electrons. The number of hydrogen-bond donors (Lipinski definition) is 6. The van der Waals surface area contributed by atoms with E-state index in [4.69, 9.17) is 5.11 Å². The smallest absolute Gasteiger partial charge is 0.330 e. The van der Waals surface area contributed by atoms with Gasteiger partial charge in [-0.25, -0.2) is 4.79 Å². The number of aliphatic carboxylic acids is 2. The predicted molar refractivity (Wildman–Crippen MR) is 102 cm³/mol. The molecule has 0 spiro atoms. The molecule has 0 aliphatic carbocycles. The van der Waals surface area contributed by atoms with E-state index < -0.39 is 53.7 Å². The molecular weight excluding hydrogens is 370 g/mol. The lowest BCUT2D eigenvalue weighted by atomic mass is 9.65. The van der Waals surface area contributed by atoms with E-state index in [2.05, 4.69) is 6.58 Å². The molecule has 0 aromatic rings. The zero-order valence-corrected chi connectivity index (χ0v) is 17.4. The molecule has 1 fully saturated rings. The Morgan fingerprint density at radius 3 is 1.64 bits per heavy atom. The number of hydrogen-bond acceptors (Lipinski definition) is 7. The molecule has 1 aliphatic rings. The zero-order chi connectivity index (χ0) is 22.6. The van der Waals surface area contributed by atoms with E-state index in [1.165, 1.54) is 6.92 Å². The van der Waals surface area contributed by atoms with E-state index in [0.29, 0.717) is 0 Å². The maximum atomic E-state index is 12.0. The molecule has 0 amide bonds. The summed E-state index contributed by atoms with van der Waals surface area (Å²) in [5, 5.41) is 57.5. The number of nitrogens with zero attached hydrogens (tertiary/aromatic N) is 1. The van der Waals surface area contributed by atoms with Crippen LogP contribution >= 0.6 is 0 Å². The minimum absolute atomic E-state index is 0.136. The van der Waals surface area contributed by atoms with Gasteiger partial charge in [0.2, 0.25) is 0 Å². The molecule has 1 saturated heterocycles. The van der Waals surface area contributed by atoms with Crippen LogP contribution in [0.2, 0.25) is 0 Å². The van der Waals surface area contributed by atoms with Crippen molar-refractivity contribution in [2.24, 2.45) is 10.8 Å². The molecule has 0 aromatic heterocycles. The third-order valence-electron chi connectivity index (χ3n) is 5.87. The Hall–Kier alpha value is -1.52. The highest BCUT2D eigenvalue weighted by Crippen LogP contribution is 2.55. The normalized spacial score (nSPS) is 23.6. The van der Waals surface area contributed by atoms with Crippen LogP contribution in [0.25, 0.3) is 0 Å². The van der Waals surface area contributed by atoms with Crippen LogP contribution in [0.5, 0.6) is 0 Å². The first-order valence-corrected chi connectivity index (χ1v) is 9.03. The average Bonchev–Trinajstić information content (AvgIpc) is 2.74. The van der Waals surface area contributed by atoms with Crippen LogP contribution in [-0.2, 0) is 9.59 Å². The van der Waals surface area contributed by atoms with Gasteiger partial charge in [0.15, 0.2) is 0 Å². The van der Waals surface area contributed by atoms with Crippen molar-refractivity contribution in [2.75, 3.05) is 19.8 Å². The SMILES string of the molecule is C=C(C)C(=O)O.CC1(C)CC(CCC(CO)(CO)CO)(C(=O)O)C(C)(C)N1O. The second-order valence-electron chi connectivity index (χ2n) is 8.81. The summed E-state index contributed by atoms with van der Waals surface area (Å²) >= 11 is 0. The van der Waals surface area contributed by atoms with Crippen molar-refractivity contribution in [1.82, 2.24) is 5.06 Å². The second-order valence-corrected chi connectivity index (χ2v) is 8.81. The second kappa shape index (κ2) is 9.32. The largest absolute Gasteiger partial charge is 0.481 e. The fraction of sp³-hybridized carbons (Fsp3) is 0.789. The fourth-order valence-corrected chi connectivity index (χ4v) is 3.69. The van der Waals surface area contributed by atoms with Gasteiger partial charge in [-0.05, 0) is 53.9 Å². The lowest BCUT2D eigenvalue weighted by Gasteiger charge is -2.42. The number of aliphatic hydroxyl groups excluding tert-OH is 3. The van der Waals surface area contributed by atoms with Crippen LogP contribution in [0.1, 0.15) is 53.9 Å². The molecular formula is C19H35NO8. The van der Waals surface area contributed by atoms with E-state index in [1.807, 2.05) is 0 Å². The molecule has 28 heavy (non-hydrogen) atoms. The number of aliphatic hydroxyl groups is 3. The summed E-state index contributed by atoms with van der Waals surface area (Å²) < 4.78 is 0. The lowest BCUT2D eigenvalue weighted by Crippen LogP contribution is -2.54. The molecule has 1 atom stereocenters. The molecule has 9 heteroatoms. The van der Waals surface area contributed by atoms with Crippen molar-refractivity contribution in [3.63, 3.8) is 0 Å². The van der Waals surface area contributed by atoms with Gasteiger partial charge in [-0.2, -0.15) is 5.06 Å². The number of rotatable bonds is 8. The van der Waals surface area contributed by atoms with E-state index in [-0.39, 0.29) is 24.8 Å². The number of hydroxylamine groups is 2. The van der Waals surface area contributed by atoms with Crippen LogP contribution in [0, 0.1) is 10.8 Å². The minimum Gasteiger partial charge on any atom is -0.481 e. The van der Waals surface area contributed by atoms with E-state index in [0.717, 1.165) is 5.06 Å². The van der Waals surface area contributed by atoms with Gasteiger partial charge in [0, 0.05) is 16.5 Å². The summed E-state index contributed by atoms with van der Waals surface area (Å²) in [6.45, 7) is 10.2. The monoisotopic (exact) mass is 405 g/mol. The summed E-state index contributed by atoms with van der Waals surface area (Å²) in [7, 11) is 0. The summed E-state index contributed by atoms with van der Waals surface area (Å²) in [5.41, 5.74) is -3.91. The molecule has 1 unspecified atom stereocenters. The first kappa shape index (κ1) is 26.5. The Kier molecular flexibility index (Phi) is 8.81. The number of carboxylic acid groups (broad SMARTS) is 2. The summed E-state index contributed by atoms with van der Waals surface area (Å²) in [6.07, 6.45) is 0.519. The van der Waals surface area contributed by atoms with Gasteiger partial charge in [-0.15, -0.1) is 0 Å². The van der Waals surface area contributed by atoms with Gasteiger partial charge in [0.25, 0.3) is 0 Å². The van der Waals surface area contributed by atoms with E-state index >= 15 is 0 Å². The molecule has 6 N–H and O–H groups in total. The molecule has 1 heterocycles. The summed E-state index contributed by atoms with van der Waals surface area (Å²) in [4.78, 5) is 21.6. The highest BCUT2D eigenvalue weighted by molar-refractivity contribution is 5.84. The Bertz CT molecular complexity index is 562. The third kappa shape index (κ3) is 5.09. The lowest BCUT2D eigenvalue weighted by molar-refractivity contribution is -0.210. The summed E-state index contributed by atoms with van der Waals surface area (Å²) in [5.74, 6) is -1.96. The third-order valence-corrected chi connectivity index (χ3v) is 5.87. The molecule has 9 nitrogen and oxygen atoms in total. The number of carboxylic acids is 2. The highest BCUT2D eigenvalue weighted by Gasteiger charge is 2.65. The molecule has 0 aromatic carbocycles. The summed E-state index contributed by atoms with van der Waals surface area (Å²) in [6, 6.07) is 0. The van der Waals surface area contributed by atoms with Crippen LogP contribution < -0.4 is 0 Å². The Morgan fingerprint density at radius 1 is 1.04 bits per heavy atom. The van der Waals surface area contributed by atoms with Crippen LogP contribution in [0.3, 0.4) is 0 Å². The topological polar surface area (TPSA) is 159 Å². The van der Waals surface area contributed by atoms with Crippen molar-refractivity contribution in [1.29, 1.82) is 0 Å². The minimum atomic E-state index is -1.24. The standard InChI is InChI=1S/C15H29NO6.C4H6O2/c1-12(2)7-15(11(20)21,13(3,4)16(12)22)6-5-14(8-17,9-18)10-19;1-3(2)4(5)6/h17-19,22H,5-10H2,1-4H3,(H,20,21);1H2,2H3,(H,5,6). The Labute approximate surface area is 165 Å². The average molecular weight is 405 g/mol. The maximum absolute atomic E-state index is 12.0. The van der Waals surface area contributed by atoms with Crippen molar-refractivity contribution in [2.45, 2.75) is 65.0 Å². The predicted octanol–water partition coefficient (Wildman–Crippen LogP) is 1.10. The van der Waals surface area contributed by atoms with Gasteiger partial charge in [-0.3, -0.25) is 4.79 Å². The van der Waals surface area contributed by atoms with Crippen molar-refractivity contribution in [3.8, 4) is 0 Å². The van der Waals surface area contributed by atoms with Gasteiger partial charge in [0.1, 0.15) is 0 Å². The van der Waals surface area contributed by atoms with Gasteiger partial charge in [0.05, 0.1) is 30.8 Å². The molecule has 1 rings (SSSR count). The van der Waals surface area contributed by atoms with E-state index in [9.17, 15) is 35.2 Å². The van der Waals surface area contributed by atoms with E-state index in [1.54, 1.807) is 27.7 Å². The fourth-order valence-electron chi connectivity index (χ4n) is 3.69. The van der Waals surface area contributed by atoms with Crippen LogP contribution in [0.4, 0.5) is 0 Å². The van der Waals surface area contributed by atoms with Crippen molar-refractivity contribution in [3.05, 3.63) is 12.2 Å². The van der Waals surface area contributed by atoms with Crippen molar-refractivity contribution >= 4 is 11.9 Å². The van der Waals surface area contributed by atoms with Gasteiger partial charge < -0.3 is 30.7 Å². The van der Waals surface area contributed by atoms with Crippen LogP contribution in [-0.4, -0.2) is 78.6 Å². The van der Waals surface area contributed by atoms with Gasteiger partial charge >= 0.3 is 11.9 Å². The first-order chi connectivity index (χ1) is 12.6. The quantitative estimate of drug-likeness (QED) is 0.325. The van der Waals surface area contributed by atoms with Crippen LogP contribution in [0.15, 0.2) is 12.2 Å². The molecule has 1 aliphatic heterocycles. The maximum Gasteiger partial charge on any atom is 0.330 e. The van der Waals surface area contributed by atoms with Crippen molar-refractivity contribution < 1.29 is 40.3 Å². The van der Waals surface area contributed by atoms with Gasteiger partial charge in [-0.1, -0.05) is 6.58 Å². The molecule has 0 bridgehead atoms.